The van der Waals surface area contributed by atoms with Crippen LogP contribution in [0.5, 0.6) is 11.5 Å². The smallest absolute Gasteiger partial charge is 0.238 e. The Kier molecular flexibility index (Phi) is 9.76. The Morgan fingerprint density at radius 2 is 1.53 bits per heavy atom. The number of carbonyl (C=O) groups is 1. The Morgan fingerprint density at radius 3 is 2.20 bits per heavy atom. The quantitative estimate of drug-likeness (QED) is 0.134. The number of hydrogen-bond acceptors (Lipinski definition) is 9. The van der Waals surface area contributed by atoms with Gasteiger partial charge in [-0.05, 0) is 55.3 Å². The topological polar surface area (TPSA) is 135 Å². The highest BCUT2D eigenvalue weighted by Crippen LogP contribution is 2.35. The lowest BCUT2D eigenvalue weighted by atomic mass is 10.1. The second-order valence-corrected chi connectivity index (χ2v) is 11.2. The number of nitrogens with zero attached hydrogens (tertiary/aromatic N) is 3. The van der Waals surface area contributed by atoms with E-state index in [1.807, 2.05) is 32.0 Å². The molecule has 0 aliphatic heterocycles. The van der Waals surface area contributed by atoms with E-state index < -0.39 is 10.9 Å². The number of fused-ring (bicyclic) bond motifs is 1. The SMILES string of the molecule is COc1cc(Nc2nc3ccccc3nc2N(c2cccc(NC(=O)CNCc3ccc(C)cc3C)c2)[SH](=O)=O)cc(OC)c1. The number of amides is 1. The highest BCUT2D eigenvalue weighted by Gasteiger charge is 2.21. The van der Waals surface area contributed by atoms with Crippen molar-refractivity contribution in [2.45, 2.75) is 20.4 Å². The molecule has 12 heteroatoms. The molecule has 11 nitrogen and oxygen atoms in total. The number of carbonyl (C=O) groups excluding carboxylic acids is 1. The molecule has 45 heavy (non-hydrogen) atoms. The first-order chi connectivity index (χ1) is 21.7. The molecule has 5 rings (SSSR count). The Hall–Kier alpha value is -5.20. The molecular weight excluding hydrogens is 592 g/mol. The molecule has 0 aliphatic carbocycles. The minimum atomic E-state index is -3.24. The number of nitrogens with one attached hydrogen (secondary N) is 3. The number of rotatable bonds is 12. The number of methoxy groups -OCH3 is 2. The molecule has 0 spiro atoms. The molecule has 0 saturated carbocycles. The largest absolute Gasteiger partial charge is 0.497 e. The summed E-state index contributed by atoms with van der Waals surface area (Å²) in [4.78, 5) is 22.2. The lowest BCUT2D eigenvalue weighted by molar-refractivity contribution is -0.115. The maximum Gasteiger partial charge on any atom is 0.238 e. The molecular formula is C33H34N6O5S. The summed E-state index contributed by atoms with van der Waals surface area (Å²) in [5.41, 5.74) is 5.75. The van der Waals surface area contributed by atoms with Gasteiger partial charge in [0.05, 0.1) is 37.5 Å². The lowest BCUT2D eigenvalue weighted by Gasteiger charge is -2.21. The van der Waals surface area contributed by atoms with E-state index >= 15 is 0 Å². The highest BCUT2D eigenvalue weighted by molar-refractivity contribution is 7.74. The monoisotopic (exact) mass is 626 g/mol. The maximum atomic E-state index is 12.8. The Balaban J connectivity index is 1.42. The number of para-hydroxylation sites is 2. The van der Waals surface area contributed by atoms with Crippen molar-refractivity contribution >= 4 is 56.5 Å². The van der Waals surface area contributed by atoms with Crippen LogP contribution in [-0.4, -0.2) is 45.1 Å². The molecule has 0 radical (unpaired) electrons. The van der Waals surface area contributed by atoms with Crippen LogP contribution in [0.15, 0.2) is 84.9 Å². The third kappa shape index (κ3) is 7.66. The van der Waals surface area contributed by atoms with Gasteiger partial charge in [0.25, 0.3) is 0 Å². The van der Waals surface area contributed by atoms with Gasteiger partial charge in [0, 0.05) is 36.1 Å². The second kappa shape index (κ2) is 14.1. The molecule has 0 aliphatic rings. The van der Waals surface area contributed by atoms with Gasteiger partial charge >= 0.3 is 0 Å². The van der Waals surface area contributed by atoms with E-state index in [1.54, 1.807) is 60.7 Å². The summed E-state index contributed by atoms with van der Waals surface area (Å²) in [5, 5.41) is 9.20. The van der Waals surface area contributed by atoms with Crippen LogP contribution in [-0.2, 0) is 22.2 Å². The van der Waals surface area contributed by atoms with Crippen LogP contribution < -0.4 is 29.7 Å². The third-order valence-electron chi connectivity index (χ3n) is 7.00. The number of thiol groups is 1. The Labute approximate surface area is 263 Å². The van der Waals surface area contributed by atoms with E-state index in [1.165, 1.54) is 19.8 Å². The van der Waals surface area contributed by atoms with Gasteiger partial charge in [0.2, 0.25) is 16.8 Å². The van der Waals surface area contributed by atoms with Crippen LogP contribution in [0.4, 0.5) is 28.7 Å². The van der Waals surface area contributed by atoms with Crippen molar-refractivity contribution < 1.29 is 22.7 Å². The van der Waals surface area contributed by atoms with Crippen molar-refractivity contribution in [3.63, 3.8) is 0 Å². The zero-order chi connectivity index (χ0) is 31.9. The van der Waals surface area contributed by atoms with Gasteiger partial charge in [0.1, 0.15) is 11.5 Å². The first kappa shape index (κ1) is 31.2. The van der Waals surface area contributed by atoms with Crippen molar-refractivity contribution in [1.82, 2.24) is 15.3 Å². The number of hydrogen-bond donors (Lipinski definition) is 4. The predicted molar refractivity (Wildman–Crippen MR) is 178 cm³/mol. The molecule has 0 saturated heterocycles. The first-order valence-electron chi connectivity index (χ1n) is 14.1. The summed E-state index contributed by atoms with van der Waals surface area (Å²) < 4.78 is 37.5. The van der Waals surface area contributed by atoms with Crippen LogP contribution in [0.3, 0.4) is 0 Å². The van der Waals surface area contributed by atoms with E-state index in [-0.39, 0.29) is 29.8 Å². The average molecular weight is 627 g/mol. The van der Waals surface area contributed by atoms with E-state index in [2.05, 4.69) is 27.0 Å². The number of benzene rings is 4. The van der Waals surface area contributed by atoms with Crippen molar-refractivity contribution in [2.75, 3.05) is 35.7 Å². The van der Waals surface area contributed by atoms with Gasteiger partial charge in [-0.25, -0.2) is 22.7 Å². The number of aryl methyl sites for hydroxylation is 2. The average Bonchev–Trinajstić information content (AvgIpc) is 3.02. The fourth-order valence-corrected chi connectivity index (χ4v) is 5.42. The lowest BCUT2D eigenvalue weighted by Crippen LogP contribution is -2.28. The summed E-state index contributed by atoms with van der Waals surface area (Å²) >= 11 is 0. The van der Waals surface area contributed by atoms with Crippen molar-refractivity contribution in [3.05, 3.63) is 102 Å². The van der Waals surface area contributed by atoms with E-state index in [0.29, 0.717) is 40.5 Å². The number of anilines is 5. The van der Waals surface area contributed by atoms with Gasteiger partial charge in [-0.15, -0.1) is 0 Å². The summed E-state index contributed by atoms with van der Waals surface area (Å²) in [6.45, 7) is 4.69. The molecule has 0 bridgehead atoms. The minimum absolute atomic E-state index is 0.0465. The number of aromatic nitrogens is 2. The third-order valence-corrected chi connectivity index (χ3v) is 7.75. The molecule has 0 atom stereocenters. The normalized spacial score (nSPS) is 11.0. The maximum absolute atomic E-state index is 12.8. The van der Waals surface area contributed by atoms with Crippen LogP contribution in [0.1, 0.15) is 16.7 Å². The molecule has 1 aromatic heterocycles. The van der Waals surface area contributed by atoms with Crippen LogP contribution >= 0.6 is 0 Å². The molecule has 1 amide bonds. The first-order valence-corrected chi connectivity index (χ1v) is 15.2. The van der Waals surface area contributed by atoms with E-state index in [9.17, 15) is 13.2 Å². The van der Waals surface area contributed by atoms with Gasteiger partial charge < -0.3 is 25.4 Å². The molecule has 0 fully saturated rings. The Morgan fingerprint density at radius 1 is 0.822 bits per heavy atom. The van der Waals surface area contributed by atoms with Crippen LogP contribution in [0, 0.1) is 13.8 Å². The predicted octanol–water partition coefficient (Wildman–Crippen LogP) is 5.40. The number of ether oxygens (including phenoxy) is 2. The van der Waals surface area contributed by atoms with E-state index in [0.717, 1.165) is 15.4 Å². The molecule has 232 valence electrons. The standard InChI is InChI=1S/C33H34N6O5S/c1-21-12-13-23(22(2)14-21)19-34-20-31(40)35-24-8-7-9-26(15-24)39(45(41)42)33-32(37-29-10-5-6-11-30(29)38-33)36-25-16-27(43-3)18-28(17-25)44-4/h5-18,34,45H,19-20H2,1-4H3,(H,35,40)(H,36,37). The molecule has 4 aromatic carbocycles. The van der Waals surface area contributed by atoms with Crippen LogP contribution in [0.25, 0.3) is 11.0 Å². The fourth-order valence-electron chi connectivity index (χ4n) is 4.81. The highest BCUT2D eigenvalue weighted by atomic mass is 32.2. The molecule has 1 heterocycles. The summed E-state index contributed by atoms with van der Waals surface area (Å²) in [5.74, 6) is 1.03. The molecule has 5 aromatic rings. The van der Waals surface area contributed by atoms with Crippen molar-refractivity contribution in [3.8, 4) is 11.5 Å². The zero-order valence-corrected chi connectivity index (χ0v) is 26.2. The van der Waals surface area contributed by atoms with Crippen molar-refractivity contribution in [2.24, 2.45) is 0 Å². The summed E-state index contributed by atoms with van der Waals surface area (Å²) in [7, 11) is -0.162. The molecule has 3 N–H and O–H groups in total. The van der Waals surface area contributed by atoms with Gasteiger partial charge in [0.15, 0.2) is 11.6 Å². The molecule has 0 unspecified atom stereocenters. The van der Waals surface area contributed by atoms with Gasteiger partial charge in [-0.1, -0.05) is 42.0 Å². The Bertz CT molecular complexity index is 1900. The van der Waals surface area contributed by atoms with Crippen LogP contribution in [0.2, 0.25) is 0 Å². The second-order valence-electron chi connectivity index (χ2n) is 10.3. The van der Waals surface area contributed by atoms with Crippen molar-refractivity contribution in [1.29, 1.82) is 0 Å². The van der Waals surface area contributed by atoms with Gasteiger partial charge in [-0.3, -0.25) is 4.79 Å². The fraction of sp³-hybridized carbons (Fsp3) is 0.182. The van der Waals surface area contributed by atoms with E-state index in [4.69, 9.17) is 14.5 Å². The summed E-state index contributed by atoms with van der Waals surface area (Å²) in [6, 6.07) is 25.1. The zero-order valence-electron chi connectivity index (χ0n) is 25.3. The summed E-state index contributed by atoms with van der Waals surface area (Å²) in [6.07, 6.45) is 0. The van der Waals surface area contributed by atoms with Gasteiger partial charge in [-0.2, -0.15) is 0 Å². The minimum Gasteiger partial charge on any atom is -0.497 e.